The standard InChI is InChI=1S/C11H26O4P2/c1-5-16(12,6-2)14-10-9-11-15-17(13,7-3)8-4/h5-11H2,1-4H3. The van der Waals surface area contributed by atoms with Crippen LogP contribution in [0.15, 0.2) is 0 Å². The molecular weight excluding hydrogens is 258 g/mol. The normalized spacial score (nSPS) is 12.9. The molecule has 0 aromatic heterocycles. The molecule has 0 radical (unpaired) electrons. The van der Waals surface area contributed by atoms with Crippen molar-refractivity contribution in [2.45, 2.75) is 34.1 Å². The molecule has 0 amide bonds. The second-order valence-electron chi connectivity index (χ2n) is 3.91. The van der Waals surface area contributed by atoms with Gasteiger partial charge >= 0.3 is 0 Å². The predicted molar refractivity (Wildman–Crippen MR) is 73.9 cm³/mol. The largest absolute Gasteiger partial charge is 0.328 e. The second kappa shape index (κ2) is 8.48. The molecule has 4 nitrogen and oxygen atoms in total. The van der Waals surface area contributed by atoms with E-state index in [9.17, 15) is 9.13 Å². The van der Waals surface area contributed by atoms with Gasteiger partial charge in [0.05, 0.1) is 13.2 Å². The fourth-order valence-corrected chi connectivity index (χ4v) is 3.88. The Morgan fingerprint density at radius 1 is 0.706 bits per heavy atom. The minimum Gasteiger partial charge on any atom is -0.328 e. The van der Waals surface area contributed by atoms with Crippen LogP contribution in [0.3, 0.4) is 0 Å². The van der Waals surface area contributed by atoms with Crippen LogP contribution in [-0.2, 0) is 18.2 Å². The highest BCUT2D eigenvalue weighted by Crippen LogP contribution is 2.47. The summed E-state index contributed by atoms with van der Waals surface area (Å²) in [6, 6.07) is 0. The van der Waals surface area contributed by atoms with Crippen molar-refractivity contribution >= 4 is 14.7 Å². The predicted octanol–water partition coefficient (Wildman–Crippen LogP) is 4.05. The lowest BCUT2D eigenvalue weighted by molar-refractivity contribution is 0.249. The summed E-state index contributed by atoms with van der Waals surface area (Å²) >= 11 is 0. The van der Waals surface area contributed by atoms with Gasteiger partial charge in [-0.1, -0.05) is 27.7 Å². The summed E-state index contributed by atoms with van der Waals surface area (Å²) in [5, 5.41) is 0. The Balaban J connectivity index is 3.80. The first kappa shape index (κ1) is 17.4. The molecule has 17 heavy (non-hydrogen) atoms. The first-order valence-corrected chi connectivity index (χ1v) is 10.4. The zero-order chi connectivity index (χ0) is 13.4. The molecule has 104 valence electrons. The molecule has 0 N–H and O–H groups in total. The summed E-state index contributed by atoms with van der Waals surface area (Å²) in [5.74, 6) is 0. The van der Waals surface area contributed by atoms with Crippen LogP contribution in [0.4, 0.5) is 0 Å². The Kier molecular flexibility index (Phi) is 8.67. The highest BCUT2D eigenvalue weighted by Gasteiger charge is 2.19. The Labute approximate surface area is 105 Å². The summed E-state index contributed by atoms with van der Waals surface area (Å²) in [6.07, 6.45) is 2.95. The number of hydrogen-bond acceptors (Lipinski definition) is 4. The average Bonchev–Trinajstić information content (AvgIpc) is 2.37. The molecule has 6 heteroatoms. The van der Waals surface area contributed by atoms with Crippen molar-refractivity contribution in [1.29, 1.82) is 0 Å². The summed E-state index contributed by atoms with van der Waals surface area (Å²) in [6.45, 7) is 8.36. The summed E-state index contributed by atoms with van der Waals surface area (Å²) in [7, 11) is -4.80. The van der Waals surface area contributed by atoms with E-state index in [0.717, 1.165) is 0 Å². The maximum atomic E-state index is 11.9. The molecule has 0 rings (SSSR count). The van der Waals surface area contributed by atoms with Crippen molar-refractivity contribution in [3.8, 4) is 0 Å². The first-order chi connectivity index (χ1) is 7.95. The molecule has 0 fully saturated rings. The van der Waals surface area contributed by atoms with E-state index in [1.807, 2.05) is 27.7 Å². The smallest absolute Gasteiger partial charge is 0.202 e. The van der Waals surface area contributed by atoms with Gasteiger partial charge < -0.3 is 9.05 Å². The summed E-state index contributed by atoms with van der Waals surface area (Å²) < 4.78 is 34.6. The lowest BCUT2D eigenvalue weighted by Gasteiger charge is -2.17. The van der Waals surface area contributed by atoms with Crippen molar-refractivity contribution in [2.24, 2.45) is 0 Å². The SMILES string of the molecule is CCP(=O)(CC)OCCCOP(=O)(CC)CC. The molecule has 0 aliphatic heterocycles. The quantitative estimate of drug-likeness (QED) is 0.448. The molecule has 0 saturated heterocycles. The first-order valence-electron chi connectivity index (χ1n) is 6.40. The zero-order valence-electron chi connectivity index (χ0n) is 11.5. The molecule has 0 aliphatic carbocycles. The topological polar surface area (TPSA) is 52.6 Å². The third-order valence-corrected chi connectivity index (χ3v) is 8.03. The van der Waals surface area contributed by atoms with Gasteiger partial charge in [0.1, 0.15) is 0 Å². The van der Waals surface area contributed by atoms with E-state index >= 15 is 0 Å². The van der Waals surface area contributed by atoms with Gasteiger partial charge in [-0.15, -0.1) is 0 Å². The van der Waals surface area contributed by atoms with Crippen LogP contribution in [0.2, 0.25) is 0 Å². The van der Waals surface area contributed by atoms with Gasteiger partial charge in [0.2, 0.25) is 14.7 Å². The molecule has 0 aliphatic rings. The van der Waals surface area contributed by atoms with Crippen LogP contribution in [-0.4, -0.2) is 37.9 Å². The van der Waals surface area contributed by atoms with Crippen LogP contribution in [0.5, 0.6) is 0 Å². The van der Waals surface area contributed by atoms with Gasteiger partial charge in [0, 0.05) is 24.6 Å². The lowest BCUT2D eigenvalue weighted by atomic mass is 10.5. The van der Waals surface area contributed by atoms with E-state index in [4.69, 9.17) is 9.05 Å². The van der Waals surface area contributed by atoms with Crippen molar-refractivity contribution in [3.05, 3.63) is 0 Å². The lowest BCUT2D eigenvalue weighted by Crippen LogP contribution is -2.03. The minimum absolute atomic E-state index is 0.423. The van der Waals surface area contributed by atoms with Crippen LogP contribution in [0.25, 0.3) is 0 Å². The van der Waals surface area contributed by atoms with E-state index in [2.05, 4.69) is 0 Å². The van der Waals surface area contributed by atoms with Crippen LogP contribution in [0.1, 0.15) is 34.1 Å². The van der Waals surface area contributed by atoms with Crippen LogP contribution < -0.4 is 0 Å². The van der Waals surface area contributed by atoms with Gasteiger partial charge in [-0.2, -0.15) is 0 Å². The van der Waals surface area contributed by atoms with E-state index < -0.39 is 14.7 Å². The van der Waals surface area contributed by atoms with E-state index in [-0.39, 0.29) is 0 Å². The van der Waals surface area contributed by atoms with Crippen molar-refractivity contribution in [1.82, 2.24) is 0 Å². The summed E-state index contributed by atoms with van der Waals surface area (Å²) in [5.41, 5.74) is 0. The monoisotopic (exact) mass is 284 g/mol. The van der Waals surface area contributed by atoms with Crippen LogP contribution >= 0.6 is 14.7 Å². The van der Waals surface area contributed by atoms with Crippen LogP contribution in [0, 0.1) is 0 Å². The maximum absolute atomic E-state index is 11.9. The third kappa shape index (κ3) is 6.76. The van der Waals surface area contributed by atoms with Gasteiger partial charge in [-0.25, -0.2) is 0 Å². The zero-order valence-corrected chi connectivity index (χ0v) is 13.3. The Morgan fingerprint density at radius 3 is 1.24 bits per heavy atom. The molecule has 0 aromatic carbocycles. The number of hydrogen-bond donors (Lipinski definition) is 0. The van der Waals surface area contributed by atoms with Crippen molar-refractivity contribution in [3.63, 3.8) is 0 Å². The molecule has 0 saturated carbocycles. The minimum atomic E-state index is -2.40. The van der Waals surface area contributed by atoms with E-state index in [1.165, 1.54) is 0 Å². The Morgan fingerprint density at radius 2 is 1.00 bits per heavy atom. The Bertz CT molecular complexity index is 247. The molecule has 0 aromatic rings. The molecule has 0 atom stereocenters. The van der Waals surface area contributed by atoms with E-state index in [1.54, 1.807) is 0 Å². The molecule has 0 spiro atoms. The highest BCUT2D eigenvalue weighted by molar-refractivity contribution is 7.59. The van der Waals surface area contributed by atoms with Gasteiger partial charge in [0.25, 0.3) is 0 Å². The van der Waals surface area contributed by atoms with E-state index in [0.29, 0.717) is 44.3 Å². The highest BCUT2D eigenvalue weighted by atomic mass is 31.2. The van der Waals surface area contributed by atoms with Gasteiger partial charge in [-0.3, -0.25) is 9.13 Å². The molecule has 0 bridgehead atoms. The Hall–Kier alpha value is 0.380. The average molecular weight is 284 g/mol. The molecule has 0 heterocycles. The van der Waals surface area contributed by atoms with Crippen molar-refractivity contribution < 1.29 is 18.2 Å². The van der Waals surface area contributed by atoms with Gasteiger partial charge in [-0.05, 0) is 6.42 Å². The van der Waals surface area contributed by atoms with Gasteiger partial charge in [0.15, 0.2) is 0 Å². The fourth-order valence-electron chi connectivity index (χ4n) is 1.33. The maximum Gasteiger partial charge on any atom is 0.202 e. The number of rotatable bonds is 10. The fraction of sp³-hybridized carbons (Fsp3) is 1.00. The van der Waals surface area contributed by atoms with Crippen molar-refractivity contribution in [2.75, 3.05) is 37.9 Å². The second-order valence-corrected chi connectivity index (χ2v) is 10.2. The molecular formula is C11H26O4P2. The third-order valence-electron chi connectivity index (χ3n) is 2.87. The molecule has 0 unspecified atom stereocenters. The summed E-state index contributed by atoms with van der Waals surface area (Å²) in [4.78, 5) is 0.